The Kier molecular flexibility index (Phi) is 7.27. The van der Waals surface area contributed by atoms with Crippen LogP contribution in [0, 0.1) is 0 Å². The Morgan fingerprint density at radius 1 is 1.12 bits per heavy atom. The number of anilines is 2. The van der Waals surface area contributed by atoms with Crippen molar-refractivity contribution < 1.29 is 31.1 Å². The Balaban J connectivity index is 1.73. The first-order valence-corrected chi connectivity index (χ1v) is 11.9. The lowest BCUT2D eigenvalue weighted by Crippen LogP contribution is -2.42. The van der Waals surface area contributed by atoms with Gasteiger partial charge in [-0.25, -0.2) is 12.7 Å². The minimum absolute atomic E-state index is 0.0490. The van der Waals surface area contributed by atoms with Crippen LogP contribution >= 0.6 is 0 Å². The van der Waals surface area contributed by atoms with Gasteiger partial charge in [0.15, 0.2) is 6.61 Å². The van der Waals surface area contributed by atoms with E-state index in [1.165, 1.54) is 11.2 Å². The van der Waals surface area contributed by atoms with Gasteiger partial charge in [-0.05, 0) is 19.3 Å². The molecule has 1 aromatic heterocycles. The van der Waals surface area contributed by atoms with Crippen molar-refractivity contribution in [1.82, 2.24) is 24.6 Å². The number of carbonyl (C=O) groups excluding carboxylic acids is 1. The molecule has 180 valence electrons. The molecule has 2 saturated heterocycles. The summed E-state index contributed by atoms with van der Waals surface area (Å²) < 4.78 is 67.3. The van der Waals surface area contributed by atoms with Gasteiger partial charge in [-0.2, -0.15) is 28.1 Å². The molecule has 0 aromatic carbocycles. The second-order valence-electron chi connectivity index (χ2n) is 7.86. The third-order valence-corrected chi connectivity index (χ3v) is 6.41. The summed E-state index contributed by atoms with van der Waals surface area (Å²) in [5.74, 6) is 0.0125. The molecule has 11 nitrogen and oxygen atoms in total. The molecule has 0 bridgehead atoms. The van der Waals surface area contributed by atoms with E-state index in [0.717, 1.165) is 6.26 Å². The number of rotatable bonds is 7. The summed E-state index contributed by atoms with van der Waals surface area (Å²) in [7, 11) is -3.28. The molecule has 32 heavy (non-hydrogen) atoms. The highest BCUT2D eigenvalue weighted by Gasteiger charge is 2.31. The van der Waals surface area contributed by atoms with Crippen LogP contribution in [0.2, 0.25) is 0 Å². The van der Waals surface area contributed by atoms with Gasteiger partial charge in [-0.15, -0.1) is 0 Å². The van der Waals surface area contributed by atoms with Crippen LogP contribution in [-0.4, -0.2) is 90.9 Å². The zero-order valence-corrected chi connectivity index (χ0v) is 18.5. The standard InChI is InChI=1S/C17H26F3N7O4S/c1-11(28)21-13-3-6-26(9-13)15-23-14(24-16(25-15)31-10-17(18,19)20)22-12-4-7-27(8-5-12)32(2,29)30/h12-13H,3-10H2,1-2H3,(H,21,28)(H,22,23,24,25). The van der Waals surface area contributed by atoms with Crippen LogP contribution in [0.3, 0.4) is 0 Å². The van der Waals surface area contributed by atoms with Crippen LogP contribution in [-0.2, 0) is 14.8 Å². The van der Waals surface area contributed by atoms with Crippen molar-refractivity contribution in [3.63, 3.8) is 0 Å². The summed E-state index contributed by atoms with van der Waals surface area (Å²) in [5.41, 5.74) is 0. The van der Waals surface area contributed by atoms with Crippen molar-refractivity contribution in [3.8, 4) is 6.01 Å². The highest BCUT2D eigenvalue weighted by atomic mass is 32.2. The highest BCUT2D eigenvalue weighted by Crippen LogP contribution is 2.23. The number of piperidine rings is 1. The van der Waals surface area contributed by atoms with E-state index in [9.17, 15) is 26.4 Å². The van der Waals surface area contributed by atoms with E-state index in [2.05, 4.69) is 25.6 Å². The lowest BCUT2D eigenvalue weighted by Gasteiger charge is -2.30. The fourth-order valence-corrected chi connectivity index (χ4v) is 4.50. The predicted molar refractivity (Wildman–Crippen MR) is 109 cm³/mol. The minimum atomic E-state index is -4.55. The summed E-state index contributed by atoms with van der Waals surface area (Å²) in [5, 5.41) is 5.85. The molecule has 0 spiro atoms. The van der Waals surface area contributed by atoms with Crippen LogP contribution in [0.15, 0.2) is 0 Å². The van der Waals surface area contributed by atoms with E-state index in [1.54, 1.807) is 4.90 Å². The smallest absolute Gasteiger partial charge is 0.422 e. The second kappa shape index (κ2) is 9.60. The van der Waals surface area contributed by atoms with E-state index in [1.807, 2.05) is 0 Å². The van der Waals surface area contributed by atoms with Crippen molar-refractivity contribution in [2.75, 3.05) is 49.3 Å². The van der Waals surface area contributed by atoms with Gasteiger partial charge in [-0.3, -0.25) is 4.79 Å². The van der Waals surface area contributed by atoms with Crippen molar-refractivity contribution in [2.24, 2.45) is 0 Å². The number of halogens is 3. The number of nitrogens with zero attached hydrogens (tertiary/aromatic N) is 5. The van der Waals surface area contributed by atoms with E-state index in [4.69, 9.17) is 4.74 Å². The third-order valence-electron chi connectivity index (χ3n) is 5.10. The van der Waals surface area contributed by atoms with Crippen LogP contribution in [0.25, 0.3) is 0 Å². The van der Waals surface area contributed by atoms with Crippen LogP contribution in [0.5, 0.6) is 6.01 Å². The van der Waals surface area contributed by atoms with Crippen molar-refractivity contribution in [2.45, 2.75) is 44.4 Å². The van der Waals surface area contributed by atoms with Gasteiger partial charge in [0.05, 0.1) is 6.26 Å². The fraction of sp³-hybridized carbons (Fsp3) is 0.765. The number of ether oxygens (including phenoxy) is 1. The fourth-order valence-electron chi connectivity index (χ4n) is 3.62. The Labute approximate surface area is 183 Å². The monoisotopic (exact) mass is 481 g/mol. The molecule has 1 unspecified atom stereocenters. The number of hydrogen-bond donors (Lipinski definition) is 2. The zero-order chi connectivity index (χ0) is 23.5. The van der Waals surface area contributed by atoms with E-state index >= 15 is 0 Å². The average molecular weight is 482 g/mol. The van der Waals surface area contributed by atoms with Crippen molar-refractivity contribution in [1.29, 1.82) is 0 Å². The molecule has 2 aliphatic rings. The summed E-state index contributed by atoms with van der Waals surface area (Å²) >= 11 is 0. The second-order valence-corrected chi connectivity index (χ2v) is 9.84. The molecule has 1 atom stereocenters. The van der Waals surface area contributed by atoms with E-state index in [0.29, 0.717) is 45.4 Å². The molecular weight excluding hydrogens is 455 g/mol. The molecule has 0 radical (unpaired) electrons. The maximum atomic E-state index is 12.6. The average Bonchev–Trinajstić information content (AvgIpc) is 3.13. The van der Waals surface area contributed by atoms with Gasteiger partial charge in [0.25, 0.3) is 0 Å². The maximum Gasteiger partial charge on any atom is 0.422 e. The summed E-state index contributed by atoms with van der Waals surface area (Å²) in [6, 6.07) is -0.753. The molecule has 2 fully saturated rings. The number of carbonyl (C=O) groups is 1. The molecule has 2 aliphatic heterocycles. The normalized spacial score (nSPS) is 20.9. The lowest BCUT2D eigenvalue weighted by atomic mass is 10.1. The molecule has 15 heteroatoms. The first-order chi connectivity index (χ1) is 14.9. The third kappa shape index (κ3) is 7.05. The highest BCUT2D eigenvalue weighted by molar-refractivity contribution is 7.88. The molecule has 1 amide bonds. The Morgan fingerprint density at radius 2 is 1.78 bits per heavy atom. The first kappa shape index (κ1) is 24.2. The summed E-state index contributed by atoms with van der Waals surface area (Å²) in [4.78, 5) is 25.3. The van der Waals surface area contributed by atoms with Crippen LogP contribution in [0.4, 0.5) is 25.1 Å². The summed E-state index contributed by atoms with van der Waals surface area (Å²) in [6.07, 6.45) is -1.80. The number of hydrogen-bond acceptors (Lipinski definition) is 9. The van der Waals surface area contributed by atoms with Gasteiger partial charge >= 0.3 is 12.2 Å². The molecule has 0 saturated carbocycles. The predicted octanol–water partition coefficient (Wildman–Crippen LogP) is 0.363. The van der Waals surface area contributed by atoms with Gasteiger partial charge in [0, 0.05) is 45.2 Å². The Morgan fingerprint density at radius 3 is 2.38 bits per heavy atom. The minimum Gasteiger partial charge on any atom is -0.454 e. The van der Waals surface area contributed by atoms with Gasteiger partial charge < -0.3 is 20.3 Å². The summed E-state index contributed by atoms with van der Waals surface area (Å²) in [6.45, 7) is 1.39. The molecular formula is C17H26F3N7O4S. The number of amides is 1. The number of nitrogens with one attached hydrogen (secondary N) is 2. The first-order valence-electron chi connectivity index (χ1n) is 10.1. The SMILES string of the molecule is CC(=O)NC1CCN(c2nc(NC3CCN(S(C)(=O)=O)CC3)nc(OCC(F)(F)F)n2)C1. The van der Waals surface area contributed by atoms with E-state index < -0.39 is 28.8 Å². The van der Waals surface area contributed by atoms with Gasteiger partial charge in [-0.1, -0.05) is 0 Å². The van der Waals surface area contributed by atoms with Gasteiger partial charge in [0.2, 0.25) is 27.8 Å². The molecule has 3 heterocycles. The van der Waals surface area contributed by atoms with Crippen molar-refractivity contribution >= 4 is 27.8 Å². The van der Waals surface area contributed by atoms with Gasteiger partial charge in [0.1, 0.15) is 0 Å². The molecule has 2 N–H and O–H groups in total. The number of aromatic nitrogens is 3. The Bertz CT molecular complexity index is 923. The van der Waals surface area contributed by atoms with Crippen LogP contribution < -0.4 is 20.3 Å². The quantitative estimate of drug-likeness (QED) is 0.567. The molecule has 1 aromatic rings. The Hall–Kier alpha value is -2.42. The van der Waals surface area contributed by atoms with Crippen molar-refractivity contribution in [3.05, 3.63) is 0 Å². The maximum absolute atomic E-state index is 12.6. The largest absolute Gasteiger partial charge is 0.454 e. The molecule has 0 aliphatic carbocycles. The molecule has 3 rings (SSSR count). The van der Waals surface area contributed by atoms with E-state index in [-0.39, 0.29) is 29.9 Å². The lowest BCUT2D eigenvalue weighted by molar-refractivity contribution is -0.154. The topological polar surface area (TPSA) is 130 Å². The van der Waals surface area contributed by atoms with Crippen LogP contribution in [0.1, 0.15) is 26.2 Å². The number of alkyl halides is 3. The zero-order valence-electron chi connectivity index (χ0n) is 17.7. The number of sulfonamides is 1.